The number of methoxy groups -OCH3 is 1. The highest BCUT2D eigenvalue weighted by molar-refractivity contribution is 6.09. The highest BCUT2D eigenvalue weighted by atomic mass is 16.5. The number of rotatable bonds is 5. The van der Waals surface area contributed by atoms with Crippen LogP contribution in [0.4, 0.5) is 5.69 Å². The fraction of sp³-hybridized carbons (Fsp3) is 0.167. The van der Waals surface area contributed by atoms with Gasteiger partial charge in [0, 0.05) is 28.8 Å². The van der Waals surface area contributed by atoms with Crippen molar-refractivity contribution in [2.75, 3.05) is 12.4 Å². The lowest BCUT2D eigenvalue weighted by Crippen LogP contribution is -2.13. The molecule has 3 aromatic rings. The summed E-state index contributed by atoms with van der Waals surface area (Å²) >= 11 is 0. The Morgan fingerprint density at radius 3 is 2.55 bits per heavy atom. The summed E-state index contributed by atoms with van der Waals surface area (Å²) in [7, 11) is 1.56. The van der Waals surface area contributed by atoms with Crippen LogP contribution in [-0.2, 0) is 4.79 Å². The van der Waals surface area contributed by atoms with E-state index in [1.807, 2.05) is 38.1 Å². The average molecular weight is 385 g/mol. The van der Waals surface area contributed by atoms with Gasteiger partial charge in [-0.3, -0.25) is 4.79 Å². The zero-order valence-electron chi connectivity index (χ0n) is 17.0. The number of nitrogens with zero attached hydrogens (tertiary/aromatic N) is 2. The number of carbonyl (C=O) groups is 1. The van der Waals surface area contributed by atoms with E-state index in [1.165, 1.54) is 5.56 Å². The molecule has 0 unspecified atom stereocenters. The number of amides is 1. The largest absolute Gasteiger partial charge is 0.497 e. The summed E-state index contributed by atoms with van der Waals surface area (Å²) in [5.41, 5.74) is 5.67. The highest BCUT2D eigenvalue weighted by Gasteiger charge is 2.14. The molecule has 0 bridgehead atoms. The van der Waals surface area contributed by atoms with E-state index in [0.717, 1.165) is 22.6 Å². The van der Waals surface area contributed by atoms with Gasteiger partial charge in [-0.05, 0) is 68.3 Å². The van der Waals surface area contributed by atoms with Gasteiger partial charge in [-0.1, -0.05) is 18.2 Å². The van der Waals surface area contributed by atoms with Crippen LogP contribution in [0.15, 0.2) is 60.2 Å². The van der Waals surface area contributed by atoms with E-state index >= 15 is 0 Å². The van der Waals surface area contributed by atoms with Crippen LogP contribution in [0.25, 0.3) is 11.8 Å². The summed E-state index contributed by atoms with van der Waals surface area (Å²) in [4.78, 5) is 12.6. The van der Waals surface area contributed by atoms with E-state index in [0.29, 0.717) is 11.4 Å². The molecule has 0 aliphatic carbocycles. The monoisotopic (exact) mass is 385 g/mol. The van der Waals surface area contributed by atoms with Crippen molar-refractivity contribution in [2.24, 2.45) is 0 Å². The lowest BCUT2D eigenvalue weighted by molar-refractivity contribution is -0.112. The molecule has 29 heavy (non-hydrogen) atoms. The van der Waals surface area contributed by atoms with Crippen LogP contribution >= 0.6 is 0 Å². The van der Waals surface area contributed by atoms with Crippen molar-refractivity contribution in [2.45, 2.75) is 20.8 Å². The summed E-state index contributed by atoms with van der Waals surface area (Å²) in [6.07, 6.45) is 1.63. The van der Waals surface area contributed by atoms with Crippen LogP contribution < -0.4 is 10.1 Å². The van der Waals surface area contributed by atoms with Gasteiger partial charge < -0.3 is 14.6 Å². The molecule has 1 N–H and O–H groups in total. The first-order chi connectivity index (χ1) is 13.9. The number of hydrogen-bond acceptors (Lipinski definition) is 3. The molecule has 1 aromatic heterocycles. The molecule has 0 aliphatic rings. The van der Waals surface area contributed by atoms with Crippen LogP contribution in [0.5, 0.6) is 5.75 Å². The molecular formula is C24H23N3O2. The third-order valence-electron chi connectivity index (χ3n) is 4.72. The minimum absolute atomic E-state index is 0.0392. The number of ether oxygens (including phenoxy) is 1. The second-order valence-electron chi connectivity index (χ2n) is 6.86. The Kier molecular flexibility index (Phi) is 5.85. The maximum Gasteiger partial charge on any atom is 0.266 e. The van der Waals surface area contributed by atoms with Crippen LogP contribution in [0.2, 0.25) is 0 Å². The maximum atomic E-state index is 12.6. The molecule has 0 saturated heterocycles. The van der Waals surface area contributed by atoms with E-state index in [1.54, 1.807) is 37.5 Å². The van der Waals surface area contributed by atoms with Crippen LogP contribution in [-0.4, -0.2) is 17.6 Å². The summed E-state index contributed by atoms with van der Waals surface area (Å²) in [5, 5.41) is 12.3. The Hall–Kier alpha value is -3.78. The Morgan fingerprint density at radius 1 is 1.10 bits per heavy atom. The Labute approximate surface area is 170 Å². The minimum atomic E-state index is -0.457. The number of hydrogen-bond donors (Lipinski definition) is 1. The lowest BCUT2D eigenvalue weighted by atomic mass is 10.1. The van der Waals surface area contributed by atoms with E-state index in [-0.39, 0.29) is 5.57 Å². The van der Waals surface area contributed by atoms with Crippen molar-refractivity contribution < 1.29 is 9.53 Å². The number of benzene rings is 2. The van der Waals surface area contributed by atoms with E-state index in [9.17, 15) is 10.1 Å². The second-order valence-corrected chi connectivity index (χ2v) is 6.86. The van der Waals surface area contributed by atoms with Crippen LogP contribution in [0.3, 0.4) is 0 Å². The number of aromatic nitrogens is 1. The molecule has 146 valence electrons. The van der Waals surface area contributed by atoms with Gasteiger partial charge in [0.2, 0.25) is 0 Å². The van der Waals surface area contributed by atoms with Crippen molar-refractivity contribution in [1.82, 2.24) is 4.57 Å². The molecule has 5 nitrogen and oxygen atoms in total. The van der Waals surface area contributed by atoms with Crippen molar-refractivity contribution in [3.63, 3.8) is 0 Å². The molecule has 0 fully saturated rings. The van der Waals surface area contributed by atoms with E-state index in [4.69, 9.17) is 4.74 Å². The number of carbonyl (C=O) groups excluding carboxylic acids is 1. The minimum Gasteiger partial charge on any atom is -0.497 e. The average Bonchev–Trinajstić information content (AvgIpc) is 2.99. The molecule has 1 heterocycles. The Morgan fingerprint density at radius 2 is 1.86 bits per heavy atom. The van der Waals surface area contributed by atoms with E-state index < -0.39 is 5.91 Å². The molecule has 0 spiro atoms. The standard InChI is InChI=1S/C24H23N3O2/c1-16-7-5-9-22(11-16)27-17(2)12-19(18(27)3)13-20(15-25)24(28)26-21-8-6-10-23(14-21)29-4/h5-14H,1-4H3,(H,26,28)/b20-13-. The van der Waals surface area contributed by atoms with E-state index in [2.05, 4.69) is 28.9 Å². The molecule has 0 aliphatic heterocycles. The summed E-state index contributed by atoms with van der Waals surface area (Å²) < 4.78 is 7.29. The Bertz CT molecular complexity index is 1130. The number of aryl methyl sites for hydroxylation is 2. The third-order valence-corrected chi connectivity index (χ3v) is 4.72. The number of nitriles is 1. The zero-order chi connectivity index (χ0) is 21.0. The van der Waals surface area contributed by atoms with Crippen molar-refractivity contribution in [1.29, 1.82) is 5.26 Å². The van der Waals surface area contributed by atoms with Gasteiger partial charge >= 0.3 is 0 Å². The lowest BCUT2D eigenvalue weighted by Gasteiger charge is -2.10. The molecular weight excluding hydrogens is 362 g/mol. The van der Waals surface area contributed by atoms with Gasteiger partial charge in [0.1, 0.15) is 17.4 Å². The normalized spacial score (nSPS) is 11.1. The first-order valence-electron chi connectivity index (χ1n) is 9.26. The first-order valence-corrected chi connectivity index (χ1v) is 9.26. The molecule has 1 amide bonds. The summed E-state index contributed by atoms with van der Waals surface area (Å²) in [6.45, 7) is 6.04. The highest BCUT2D eigenvalue weighted by Crippen LogP contribution is 2.24. The fourth-order valence-electron chi connectivity index (χ4n) is 3.30. The maximum absolute atomic E-state index is 12.6. The fourth-order valence-corrected chi connectivity index (χ4v) is 3.30. The smallest absolute Gasteiger partial charge is 0.266 e. The van der Waals surface area contributed by atoms with Crippen molar-refractivity contribution >= 4 is 17.7 Å². The van der Waals surface area contributed by atoms with Gasteiger partial charge in [0.25, 0.3) is 5.91 Å². The molecule has 5 heteroatoms. The molecule has 0 atom stereocenters. The molecule has 0 radical (unpaired) electrons. The van der Waals surface area contributed by atoms with Gasteiger partial charge in [-0.2, -0.15) is 5.26 Å². The van der Waals surface area contributed by atoms with Gasteiger partial charge in [-0.25, -0.2) is 0 Å². The van der Waals surface area contributed by atoms with Crippen molar-refractivity contribution in [3.8, 4) is 17.5 Å². The summed E-state index contributed by atoms with van der Waals surface area (Å²) in [6, 6.07) is 19.2. The van der Waals surface area contributed by atoms with Crippen LogP contribution in [0.1, 0.15) is 22.5 Å². The topological polar surface area (TPSA) is 67.0 Å². The second kappa shape index (κ2) is 8.49. The Balaban J connectivity index is 1.92. The first kappa shape index (κ1) is 20.0. The predicted octanol–water partition coefficient (Wildman–Crippen LogP) is 4.96. The quantitative estimate of drug-likeness (QED) is 0.499. The summed E-state index contributed by atoms with van der Waals surface area (Å²) in [5.74, 6) is 0.174. The van der Waals surface area contributed by atoms with Crippen LogP contribution in [0, 0.1) is 32.1 Å². The molecule has 2 aromatic carbocycles. The van der Waals surface area contributed by atoms with Gasteiger partial charge in [0.15, 0.2) is 0 Å². The van der Waals surface area contributed by atoms with Gasteiger partial charge in [-0.15, -0.1) is 0 Å². The third kappa shape index (κ3) is 4.39. The molecule has 3 rings (SSSR count). The molecule has 0 saturated carbocycles. The number of anilines is 1. The van der Waals surface area contributed by atoms with Crippen molar-refractivity contribution in [3.05, 3.63) is 82.7 Å². The predicted molar refractivity (Wildman–Crippen MR) is 115 cm³/mol. The zero-order valence-corrected chi connectivity index (χ0v) is 17.0. The SMILES string of the molecule is COc1cccc(NC(=O)/C(C#N)=C\c2cc(C)n(-c3cccc(C)c3)c2C)c1. The van der Waals surface area contributed by atoms with Gasteiger partial charge in [0.05, 0.1) is 7.11 Å². The number of nitrogens with one attached hydrogen (secondary N) is 1.